The van der Waals surface area contributed by atoms with Crippen LogP contribution < -0.4 is 20.3 Å². The Bertz CT molecular complexity index is 2110. The molecule has 1 unspecified atom stereocenters. The van der Waals surface area contributed by atoms with Gasteiger partial charge in [0, 0.05) is 67.6 Å². The highest BCUT2D eigenvalue weighted by Crippen LogP contribution is 2.55. The summed E-state index contributed by atoms with van der Waals surface area (Å²) in [5, 5.41) is 23.3. The van der Waals surface area contributed by atoms with Crippen LogP contribution in [0.5, 0.6) is 5.75 Å². The number of carbonyl (C=O) groups excluding carboxylic acids is 5. The van der Waals surface area contributed by atoms with E-state index in [1.165, 1.54) is 6.07 Å². The molecule has 54 heavy (non-hydrogen) atoms. The minimum atomic E-state index is -1.13. The first kappa shape index (κ1) is 36.9. The van der Waals surface area contributed by atoms with Crippen molar-refractivity contribution in [1.82, 2.24) is 30.6 Å². The number of fused-ring (bicyclic) bond motifs is 1. The Morgan fingerprint density at radius 3 is 2.30 bits per heavy atom. The van der Waals surface area contributed by atoms with Gasteiger partial charge in [-0.2, -0.15) is 5.26 Å². The summed E-state index contributed by atoms with van der Waals surface area (Å²) in [6.45, 7) is 10.4. The minimum Gasteiger partial charge on any atom is -0.489 e. The quantitative estimate of drug-likeness (QED) is 0.322. The minimum absolute atomic E-state index is 0.00499. The lowest BCUT2D eigenvalue weighted by Gasteiger charge is -2.63. The largest absolute Gasteiger partial charge is 0.489 e. The van der Waals surface area contributed by atoms with E-state index in [-0.39, 0.29) is 59.8 Å². The van der Waals surface area contributed by atoms with Crippen LogP contribution in [0.2, 0.25) is 5.02 Å². The number of aromatic nitrogens is 2. The first-order valence-corrected chi connectivity index (χ1v) is 18.0. The van der Waals surface area contributed by atoms with E-state index in [0.29, 0.717) is 48.3 Å². The molecule has 3 fully saturated rings. The molecule has 280 valence electrons. The summed E-state index contributed by atoms with van der Waals surface area (Å²) in [7, 11) is 0. The molecule has 0 spiro atoms. The number of benzene rings is 2. The van der Waals surface area contributed by atoms with Crippen LogP contribution in [0.4, 0.5) is 10.2 Å². The van der Waals surface area contributed by atoms with Crippen LogP contribution in [0.1, 0.15) is 82.9 Å². The zero-order chi connectivity index (χ0) is 38.7. The van der Waals surface area contributed by atoms with Gasteiger partial charge in [-0.1, -0.05) is 39.3 Å². The van der Waals surface area contributed by atoms with Crippen LogP contribution in [-0.4, -0.2) is 93.9 Å². The van der Waals surface area contributed by atoms with E-state index in [1.54, 1.807) is 30.3 Å². The van der Waals surface area contributed by atoms with Gasteiger partial charge in [-0.05, 0) is 42.8 Å². The van der Waals surface area contributed by atoms with Gasteiger partial charge in [0.2, 0.25) is 11.8 Å². The fraction of sp³-hybridized carbons (Fsp3) is 0.421. The number of anilines is 1. The number of amides is 5. The van der Waals surface area contributed by atoms with Gasteiger partial charge in [0.1, 0.15) is 29.8 Å². The SMILES string of the molecule is CC1(C)C(NC(=O)c2ccc(N3CCN(Cc4cc5c(cc4F)C(=O)N(C4CCC(=O)NC4=O)C5=O)CC3)nn2)C(C)(C)C1Oc1ccc(C#N)c(Cl)c1. The van der Waals surface area contributed by atoms with Crippen molar-refractivity contribution in [3.8, 4) is 11.8 Å². The Morgan fingerprint density at radius 1 is 1.00 bits per heavy atom. The molecule has 0 bridgehead atoms. The lowest BCUT2D eigenvalue weighted by molar-refractivity contribution is -0.164. The van der Waals surface area contributed by atoms with Gasteiger partial charge in [0.05, 0.1) is 21.7 Å². The monoisotopic (exact) mass is 756 g/mol. The van der Waals surface area contributed by atoms with Gasteiger partial charge in [-0.25, -0.2) is 4.39 Å². The Morgan fingerprint density at radius 2 is 1.69 bits per heavy atom. The van der Waals surface area contributed by atoms with Crippen molar-refractivity contribution in [3.05, 3.63) is 81.3 Å². The standard InChI is InChI=1S/C38H38ClFN8O6/c1-37(2)35(38(3,4)36(37)54-22-6-5-20(18-41)25(39)16-22)43-31(50)27-7-9-29(45-44-27)47-13-11-46(12-14-47)19-21-15-23-24(17-26(21)40)34(53)48(33(23)52)28-8-10-30(49)42-32(28)51/h5-7,9,15-17,28,35-36H,8,10-14,19H2,1-4H3,(H,43,50)(H,42,49,51). The van der Waals surface area contributed by atoms with Crippen LogP contribution >= 0.6 is 11.6 Å². The molecular weight excluding hydrogens is 719 g/mol. The molecule has 2 aromatic carbocycles. The number of nitrogens with one attached hydrogen (secondary N) is 2. The predicted octanol–water partition coefficient (Wildman–Crippen LogP) is 3.48. The highest BCUT2D eigenvalue weighted by molar-refractivity contribution is 6.31. The molecule has 4 heterocycles. The molecule has 7 rings (SSSR count). The molecule has 3 aromatic rings. The van der Waals surface area contributed by atoms with Crippen molar-refractivity contribution in [2.75, 3.05) is 31.1 Å². The molecule has 1 saturated carbocycles. The summed E-state index contributed by atoms with van der Waals surface area (Å²) in [6, 6.07) is 11.4. The van der Waals surface area contributed by atoms with Crippen LogP contribution in [0, 0.1) is 28.0 Å². The molecule has 14 nitrogen and oxygen atoms in total. The third-order valence-corrected chi connectivity index (χ3v) is 11.3. The number of rotatable bonds is 8. The summed E-state index contributed by atoms with van der Waals surface area (Å²) in [6.07, 6.45) is -0.245. The number of ether oxygens (including phenoxy) is 1. The van der Waals surface area contributed by atoms with Gasteiger partial charge < -0.3 is 15.0 Å². The summed E-state index contributed by atoms with van der Waals surface area (Å²) < 4.78 is 21.6. The predicted molar refractivity (Wildman–Crippen MR) is 192 cm³/mol. The van der Waals surface area contributed by atoms with Crippen molar-refractivity contribution in [3.63, 3.8) is 0 Å². The normalized spacial score (nSPS) is 23.3. The number of nitriles is 1. The molecule has 1 atom stereocenters. The molecule has 16 heteroatoms. The second-order valence-corrected chi connectivity index (χ2v) is 15.7. The van der Waals surface area contributed by atoms with Crippen molar-refractivity contribution < 1.29 is 33.1 Å². The second kappa shape index (κ2) is 13.7. The summed E-state index contributed by atoms with van der Waals surface area (Å²) in [5.74, 6) is -2.49. The zero-order valence-electron chi connectivity index (χ0n) is 30.1. The summed E-state index contributed by atoms with van der Waals surface area (Å²) in [4.78, 5) is 68.4. The van der Waals surface area contributed by atoms with Crippen LogP contribution in [-0.2, 0) is 16.1 Å². The summed E-state index contributed by atoms with van der Waals surface area (Å²) >= 11 is 6.21. The maximum atomic E-state index is 15.3. The van der Waals surface area contributed by atoms with Crippen molar-refractivity contribution in [2.24, 2.45) is 10.8 Å². The van der Waals surface area contributed by atoms with E-state index in [2.05, 4.69) is 20.8 Å². The number of piperidine rings is 1. The maximum Gasteiger partial charge on any atom is 0.272 e. The van der Waals surface area contributed by atoms with Gasteiger partial charge in [-0.3, -0.25) is 39.1 Å². The van der Waals surface area contributed by atoms with Crippen molar-refractivity contribution in [2.45, 2.75) is 65.3 Å². The van der Waals surface area contributed by atoms with Gasteiger partial charge in [-0.15, -0.1) is 10.2 Å². The average Bonchev–Trinajstić information content (AvgIpc) is 3.37. The van der Waals surface area contributed by atoms with Gasteiger partial charge >= 0.3 is 0 Å². The third-order valence-electron chi connectivity index (χ3n) is 11.0. The number of carbonyl (C=O) groups is 5. The lowest BCUT2D eigenvalue weighted by Crippen LogP contribution is -2.74. The number of hydrogen-bond donors (Lipinski definition) is 2. The number of nitrogens with zero attached hydrogens (tertiary/aromatic N) is 6. The lowest BCUT2D eigenvalue weighted by atomic mass is 9.49. The van der Waals surface area contributed by atoms with Gasteiger partial charge in [0.15, 0.2) is 11.5 Å². The van der Waals surface area contributed by atoms with E-state index in [4.69, 9.17) is 16.3 Å². The van der Waals surface area contributed by atoms with Crippen LogP contribution in [0.3, 0.4) is 0 Å². The Labute approximate surface area is 315 Å². The molecule has 2 N–H and O–H groups in total. The fourth-order valence-corrected chi connectivity index (χ4v) is 8.66. The van der Waals surface area contributed by atoms with E-state index in [9.17, 15) is 29.2 Å². The smallest absolute Gasteiger partial charge is 0.272 e. The molecule has 1 aromatic heterocycles. The van der Waals surface area contributed by atoms with E-state index in [1.807, 2.05) is 43.6 Å². The molecule has 4 aliphatic rings. The Kier molecular flexibility index (Phi) is 9.39. The number of piperazine rings is 1. The van der Waals surface area contributed by atoms with Crippen molar-refractivity contribution in [1.29, 1.82) is 5.26 Å². The van der Waals surface area contributed by atoms with E-state index >= 15 is 4.39 Å². The second-order valence-electron chi connectivity index (χ2n) is 15.3. The average molecular weight is 757 g/mol. The highest BCUT2D eigenvalue weighted by atomic mass is 35.5. The first-order valence-electron chi connectivity index (χ1n) is 17.6. The molecule has 0 radical (unpaired) electrons. The van der Waals surface area contributed by atoms with Crippen LogP contribution in [0.25, 0.3) is 0 Å². The highest BCUT2D eigenvalue weighted by Gasteiger charge is 2.64. The fourth-order valence-electron chi connectivity index (χ4n) is 8.45. The first-order chi connectivity index (χ1) is 25.6. The molecule has 3 aliphatic heterocycles. The van der Waals surface area contributed by atoms with Gasteiger partial charge in [0.25, 0.3) is 17.7 Å². The number of hydrogen-bond acceptors (Lipinski definition) is 11. The van der Waals surface area contributed by atoms with Crippen LogP contribution in [0.15, 0.2) is 42.5 Å². The number of halogens is 2. The molecular formula is C38H38ClFN8O6. The molecule has 2 saturated heterocycles. The topological polar surface area (TPSA) is 178 Å². The zero-order valence-corrected chi connectivity index (χ0v) is 30.9. The van der Waals surface area contributed by atoms with E-state index < -0.39 is 46.3 Å². The maximum absolute atomic E-state index is 15.3. The Balaban J connectivity index is 0.934. The Hall–Kier alpha value is -5.46. The number of imide groups is 2. The van der Waals surface area contributed by atoms with Crippen molar-refractivity contribution >= 4 is 47.0 Å². The molecule has 1 aliphatic carbocycles. The summed E-state index contributed by atoms with van der Waals surface area (Å²) in [5.41, 5.74) is -0.180. The van der Waals surface area contributed by atoms with E-state index in [0.717, 1.165) is 11.0 Å². The third kappa shape index (κ3) is 6.43. The molecule has 5 amide bonds.